The average molecular weight is 462 g/mol. The number of pyridine rings is 1. The topological polar surface area (TPSA) is 87.2 Å². The second-order valence-corrected chi connectivity index (χ2v) is 11.3. The Hall–Kier alpha value is -0.850. The molecule has 0 saturated carbocycles. The highest BCUT2D eigenvalue weighted by molar-refractivity contribution is 7.72. The van der Waals surface area contributed by atoms with Crippen LogP contribution >= 0.6 is 15.2 Å². The molecule has 0 amide bonds. The monoisotopic (exact) mass is 462 g/mol. The van der Waals surface area contributed by atoms with Gasteiger partial charge < -0.3 is 18.1 Å². The summed E-state index contributed by atoms with van der Waals surface area (Å²) < 4.78 is 48.8. The van der Waals surface area contributed by atoms with E-state index >= 15 is 0 Å². The van der Waals surface area contributed by atoms with Crippen LogP contribution in [-0.2, 0) is 33.8 Å². The molecule has 1 aromatic heterocycles. The third kappa shape index (κ3) is 8.72. The average Bonchev–Trinajstić information content (AvgIpc) is 2.69. The van der Waals surface area contributed by atoms with Crippen molar-refractivity contribution < 1.29 is 27.2 Å². The minimum absolute atomic E-state index is 0.170. The lowest BCUT2D eigenvalue weighted by Gasteiger charge is -2.30. The molecule has 0 saturated heterocycles. The molecule has 0 aromatic carbocycles. The van der Waals surface area contributed by atoms with Gasteiger partial charge in [0.15, 0.2) is 5.40 Å². The molecule has 0 aliphatic rings. The van der Waals surface area contributed by atoms with Gasteiger partial charge in [-0.05, 0) is 52.8 Å². The van der Waals surface area contributed by atoms with Gasteiger partial charge in [0.25, 0.3) is 0 Å². The van der Waals surface area contributed by atoms with Crippen molar-refractivity contribution in [3.8, 4) is 0 Å². The van der Waals surface area contributed by atoms with Crippen LogP contribution in [0, 0.1) is 0 Å². The Morgan fingerprint density at radius 2 is 1.50 bits per heavy atom. The summed E-state index contributed by atoms with van der Waals surface area (Å²) in [6, 6.07) is 3.92. The number of aromatic nitrogens is 1. The largest absolute Gasteiger partial charge is 0.346 e. The van der Waals surface area contributed by atoms with Crippen LogP contribution in [0.25, 0.3) is 0 Å². The van der Waals surface area contributed by atoms with Crippen LogP contribution < -0.4 is 0 Å². The van der Waals surface area contributed by atoms with Crippen LogP contribution in [-0.4, -0.2) is 55.3 Å². The van der Waals surface area contributed by atoms with Crippen molar-refractivity contribution in [1.82, 2.24) is 9.88 Å². The Labute approximate surface area is 181 Å². The van der Waals surface area contributed by atoms with E-state index in [2.05, 4.69) is 9.88 Å². The van der Waals surface area contributed by atoms with Crippen molar-refractivity contribution in [2.45, 2.75) is 46.1 Å². The molecule has 0 radical (unpaired) electrons. The van der Waals surface area contributed by atoms with Crippen molar-refractivity contribution in [2.75, 3.05) is 40.0 Å². The van der Waals surface area contributed by atoms with Gasteiger partial charge in [0.1, 0.15) is 0 Å². The fraction of sp³-hybridized carbons (Fsp3) is 0.650. The number of nitrogens with zero attached hydrogens (tertiary/aromatic N) is 2. The van der Waals surface area contributed by atoms with Crippen molar-refractivity contribution in [2.24, 2.45) is 0 Å². The Bertz CT molecular complexity index is 667. The molecule has 8 nitrogen and oxygen atoms in total. The molecule has 172 valence electrons. The van der Waals surface area contributed by atoms with Crippen molar-refractivity contribution >= 4 is 15.2 Å². The first-order valence-corrected chi connectivity index (χ1v) is 13.6. The summed E-state index contributed by atoms with van der Waals surface area (Å²) in [6.45, 7) is 8.96. The van der Waals surface area contributed by atoms with E-state index in [4.69, 9.17) is 18.1 Å². The van der Waals surface area contributed by atoms with Gasteiger partial charge in [-0.1, -0.05) is 18.2 Å². The minimum Gasteiger partial charge on any atom is -0.308 e. The summed E-state index contributed by atoms with van der Waals surface area (Å²) in [7, 11) is -5.44. The molecule has 10 heteroatoms. The molecular weight excluding hydrogens is 426 g/mol. The van der Waals surface area contributed by atoms with Crippen molar-refractivity contribution in [3.63, 3.8) is 0 Å². The Kier molecular flexibility index (Phi) is 12.9. The fourth-order valence-electron chi connectivity index (χ4n) is 2.91. The van der Waals surface area contributed by atoms with E-state index < -0.39 is 20.6 Å². The summed E-state index contributed by atoms with van der Waals surface area (Å²) in [4.78, 5) is 6.23. The van der Waals surface area contributed by atoms with Gasteiger partial charge in [0, 0.05) is 25.5 Å². The maximum Gasteiger partial charge on any atom is 0.346 e. The SMILES string of the molecule is CCOP(=O)(OCC)C(C/C=C/CN(C)Cc1cccnc1)P(=O)(OCC)OCC. The van der Waals surface area contributed by atoms with Gasteiger partial charge in [0.05, 0.1) is 26.4 Å². The second kappa shape index (κ2) is 14.3. The van der Waals surface area contributed by atoms with Crippen LogP contribution in [0.2, 0.25) is 0 Å². The van der Waals surface area contributed by atoms with Crippen LogP contribution in [0.1, 0.15) is 39.7 Å². The summed E-state index contributed by atoms with van der Waals surface area (Å²) >= 11 is 0. The number of allylic oxidation sites excluding steroid dienone is 1. The molecule has 0 bridgehead atoms. The number of rotatable bonds is 16. The summed E-state index contributed by atoms with van der Waals surface area (Å²) in [5.74, 6) is 0. The Balaban J connectivity index is 2.94. The van der Waals surface area contributed by atoms with Crippen molar-refractivity contribution in [1.29, 1.82) is 0 Å². The maximum atomic E-state index is 13.5. The number of hydrogen-bond donors (Lipinski definition) is 0. The summed E-state index contributed by atoms with van der Waals surface area (Å²) in [5, 5.41) is -1.02. The zero-order chi connectivity index (χ0) is 22.5. The highest BCUT2D eigenvalue weighted by atomic mass is 31.2. The fourth-order valence-corrected chi connectivity index (χ4v) is 8.13. The third-order valence-corrected chi connectivity index (χ3v) is 10.1. The Morgan fingerprint density at radius 3 is 1.93 bits per heavy atom. The van der Waals surface area contributed by atoms with E-state index in [1.807, 2.05) is 37.5 Å². The Morgan fingerprint density at radius 1 is 0.967 bits per heavy atom. The molecule has 1 aromatic rings. The first kappa shape index (κ1) is 27.2. The molecule has 0 spiro atoms. The normalized spacial score (nSPS) is 13.0. The molecule has 0 aliphatic heterocycles. The zero-order valence-electron chi connectivity index (χ0n) is 18.7. The van der Waals surface area contributed by atoms with Gasteiger partial charge in [0.2, 0.25) is 0 Å². The molecule has 0 fully saturated rings. The van der Waals surface area contributed by atoms with E-state index in [-0.39, 0.29) is 32.8 Å². The van der Waals surface area contributed by atoms with Gasteiger partial charge in [-0.15, -0.1) is 0 Å². The molecule has 1 heterocycles. The first-order valence-electron chi connectivity index (χ1n) is 10.3. The van der Waals surface area contributed by atoms with E-state index in [1.54, 1.807) is 33.9 Å². The summed E-state index contributed by atoms with van der Waals surface area (Å²) in [6.07, 6.45) is 7.54. The van der Waals surface area contributed by atoms with Gasteiger partial charge in [-0.25, -0.2) is 0 Å². The maximum absolute atomic E-state index is 13.5. The highest BCUT2D eigenvalue weighted by Gasteiger charge is 2.49. The summed E-state index contributed by atoms with van der Waals surface area (Å²) in [5.41, 5.74) is 1.11. The number of hydrogen-bond acceptors (Lipinski definition) is 8. The molecule has 0 atom stereocenters. The lowest BCUT2D eigenvalue weighted by atomic mass is 10.2. The smallest absolute Gasteiger partial charge is 0.308 e. The number of likely N-dealkylation sites (N-methyl/N-ethyl adjacent to an activating group) is 1. The van der Waals surface area contributed by atoms with Gasteiger partial charge in [-0.3, -0.25) is 19.0 Å². The molecule has 0 aliphatic carbocycles. The van der Waals surface area contributed by atoms with E-state index in [0.717, 1.165) is 12.1 Å². The standard InChI is InChI=1S/C20H36N2O6P2/c1-6-25-29(23,26-7-2)20(30(24,27-8-3)28-9-4)14-10-11-16-22(5)18-19-13-12-15-21-17-19/h10-13,15,17,20H,6-9,14,16,18H2,1-5H3/b11-10+. The van der Waals surface area contributed by atoms with Crippen LogP contribution in [0.4, 0.5) is 0 Å². The van der Waals surface area contributed by atoms with Gasteiger partial charge in [-0.2, -0.15) is 0 Å². The second-order valence-electron chi connectivity index (χ2n) is 6.50. The molecule has 0 N–H and O–H groups in total. The predicted octanol–water partition coefficient (Wildman–Crippen LogP) is 5.32. The molecular formula is C20H36N2O6P2. The molecule has 0 unspecified atom stereocenters. The van der Waals surface area contributed by atoms with E-state index in [9.17, 15) is 9.13 Å². The van der Waals surface area contributed by atoms with E-state index in [0.29, 0.717) is 6.54 Å². The third-order valence-electron chi connectivity index (χ3n) is 4.07. The van der Waals surface area contributed by atoms with Crippen LogP contribution in [0.5, 0.6) is 0 Å². The molecule has 30 heavy (non-hydrogen) atoms. The first-order chi connectivity index (χ1) is 14.3. The van der Waals surface area contributed by atoms with Crippen LogP contribution in [0.3, 0.4) is 0 Å². The predicted molar refractivity (Wildman–Crippen MR) is 120 cm³/mol. The lowest BCUT2D eigenvalue weighted by Crippen LogP contribution is -2.19. The quantitative estimate of drug-likeness (QED) is 0.241. The zero-order valence-corrected chi connectivity index (χ0v) is 20.5. The minimum atomic E-state index is -3.72. The lowest BCUT2D eigenvalue weighted by molar-refractivity contribution is 0.195. The van der Waals surface area contributed by atoms with E-state index in [1.165, 1.54) is 0 Å². The molecule has 1 rings (SSSR count). The van der Waals surface area contributed by atoms with Crippen LogP contribution in [0.15, 0.2) is 36.7 Å². The van der Waals surface area contributed by atoms with Crippen molar-refractivity contribution in [3.05, 3.63) is 42.2 Å². The highest BCUT2D eigenvalue weighted by Crippen LogP contribution is 2.71. The van der Waals surface area contributed by atoms with Gasteiger partial charge >= 0.3 is 15.2 Å².